The zero-order valence-corrected chi connectivity index (χ0v) is 9.29. The Hall–Kier alpha value is -2.76. The number of fused-ring (bicyclic) bond motifs is 1. The van der Waals surface area contributed by atoms with E-state index in [1.165, 1.54) is 18.7 Å². The Labute approximate surface area is 102 Å². The second kappa shape index (κ2) is 4.25. The van der Waals surface area contributed by atoms with Crippen molar-refractivity contribution >= 4 is 22.6 Å². The van der Waals surface area contributed by atoms with Gasteiger partial charge in [-0.3, -0.25) is 4.79 Å². The SMILES string of the molecule is O=C(Nc1cncnc1)c1cc2cccnc2[nH]1. The van der Waals surface area contributed by atoms with Crippen molar-refractivity contribution in [1.29, 1.82) is 0 Å². The van der Waals surface area contributed by atoms with Crippen LogP contribution in [0.4, 0.5) is 5.69 Å². The van der Waals surface area contributed by atoms with E-state index in [9.17, 15) is 4.79 Å². The summed E-state index contributed by atoms with van der Waals surface area (Å²) in [6, 6.07) is 5.46. The average Bonchev–Trinajstić information content (AvgIpc) is 2.84. The molecule has 3 rings (SSSR count). The van der Waals surface area contributed by atoms with E-state index in [2.05, 4.69) is 25.3 Å². The Kier molecular flexibility index (Phi) is 2.45. The van der Waals surface area contributed by atoms with Gasteiger partial charge in [0.1, 0.15) is 17.7 Å². The molecular weight excluding hydrogens is 230 g/mol. The van der Waals surface area contributed by atoms with Crippen LogP contribution in [0.15, 0.2) is 43.1 Å². The van der Waals surface area contributed by atoms with E-state index in [1.807, 2.05) is 12.1 Å². The summed E-state index contributed by atoms with van der Waals surface area (Å²) in [6.45, 7) is 0. The third-order valence-electron chi connectivity index (χ3n) is 2.45. The summed E-state index contributed by atoms with van der Waals surface area (Å²) in [4.78, 5) is 26.7. The third-order valence-corrected chi connectivity index (χ3v) is 2.45. The topological polar surface area (TPSA) is 83.6 Å². The van der Waals surface area contributed by atoms with Gasteiger partial charge in [0.25, 0.3) is 5.91 Å². The van der Waals surface area contributed by atoms with Crippen LogP contribution in [0.3, 0.4) is 0 Å². The number of amides is 1. The van der Waals surface area contributed by atoms with Crippen molar-refractivity contribution in [2.45, 2.75) is 0 Å². The van der Waals surface area contributed by atoms with Gasteiger partial charge in [-0.2, -0.15) is 0 Å². The van der Waals surface area contributed by atoms with Crippen molar-refractivity contribution in [3.63, 3.8) is 0 Å². The molecular formula is C12H9N5O. The van der Waals surface area contributed by atoms with Gasteiger partial charge in [0.2, 0.25) is 0 Å². The minimum Gasteiger partial charge on any atom is -0.335 e. The van der Waals surface area contributed by atoms with Crippen molar-refractivity contribution in [1.82, 2.24) is 19.9 Å². The highest BCUT2D eigenvalue weighted by molar-refractivity contribution is 6.05. The maximum absolute atomic E-state index is 12.0. The minimum atomic E-state index is -0.247. The Balaban J connectivity index is 1.88. The van der Waals surface area contributed by atoms with Crippen LogP contribution in [0.25, 0.3) is 11.0 Å². The molecule has 0 bridgehead atoms. The molecule has 6 nitrogen and oxygen atoms in total. The average molecular weight is 239 g/mol. The molecule has 0 aromatic carbocycles. The lowest BCUT2D eigenvalue weighted by molar-refractivity contribution is 0.102. The standard InChI is InChI=1S/C12H9N5O/c18-12(16-9-5-13-7-14-6-9)10-4-8-2-1-3-15-11(8)17-10/h1-7H,(H,15,17)(H,16,18). The lowest BCUT2D eigenvalue weighted by Crippen LogP contribution is -2.12. The van der Waals surface area contributed by atoms with Crippen LogP contribution >= 0.6 is 0 Å². The molecule has 0 radical (unpaired) electrons. The van der Waals surface area contributed by atoms with Crippen LogP contribution in [-0.4, -0.2) is 25.8 Å². The number of carbonyl (C=O) groups is 1. The number of aromatic nitrogens is 4. The first kappa shape index (κ1) is 10.4. The van der Waals surface area contributed by atoms with Gasteiger partial charge in [0.15, 0.2) is 0 Å². The molecule has 3 heterocycles. The largest absolute Gasteiger partial charge is 0.335 e. The summed E-state index contributed by atoms with van der Waals surface area (Å²) >= 11 is 0. The number of anilines is 1. The highest BCUT2D eigenvalue weighted by Crippen LogP contribution is 2.13. The molecule has 0 aliphatic rings. The fourth-order valence-corrected chi connectivity index (χ4v) is 1.64. The van der Waals surface area contributed by atoms with Gasteiger partial charge in [0, 0.05) is 11.6 Å². The van der Waals surface area contributed by atoms with Crippen molar-refractivity contribution in [2.24, 2.45) is 0 Å². The van der Waals surface area contributed by atoms with Gasteiger partial charge in [-0.25, -0.2) is 15.0 Å². The van der Waals surface area contributed by atoms with Crippen molar-refractivity contribution in [3.8, 4) is 0 Å². The smallest absolute Gasteiger partial charge is 0.272 e. The molecule has 0 saturated carbocycles. The summed E-state index contributed by atoms with van der Waals surface area (Å²) in [6.07, 6.45) is 6.14. The molecule has 1 amide bonds. The second-order valence-corrected chi connectivity index (χ2v) is 3.71. The Morgan fingerprint density at radius 3 is 2.89 bits per heavy atom. The van der Waals surface area contributed by atoms with E-state index in [0.717, 1.165) is 5.39 Å². The molecule has 2 N–H and O–H groups in total. The number of hydrogen-bond donors (Lipinski definition) is 2. The van der Waals surface area contributed by atoms with E-state index in [4.69, 9.17) is 0 Å². The Morgan fingerprint density at radius 2 is 2.11 bits per heavy atom. The molecule has 6 heteroatoms. The van der Waals surface area contributed by atoms with E-state index < -0.39 is 0 Å². The van der Waals surface area contributed by atoms with Crippen LogP contribution in [0.5, 0.6) is 0 Å². The number of pyridine rings is 1. The second-order valence-electron chi connectivity index (χ2n) is 3.71. The van der Waals surface area contributed by atoms with E-state index >= 15 is 0 Å². The molecule has 0 atom stereocenters. The third kappa shape index (κ3) is 1.91. The molecule has 0 aliphatic heterocycles. The number of nitrogens with one attached hydrogen (secondary N) is 2. The first-order valence-corrected chi connectivity index (χ1v) is 5.33. The first-order chi connectivity index (χ1) is 8.83. The summed E-state index contributed by atoms with van der Waals surface area (Å²) in [5.41, 5.74) is 1.69. The van der Waals surface area contributed by atoms with E-state index in [0.29, 0.717) is 17.0 Å². The molecule has 0 unspecified atom stereocenters. The normalized spacial score (nSPS) is 10.4. The monoisotopic (exact) mass is 239 g/mol. The molecule has 18 heavy (non-hydrogen) atoms. The van der Waals surface area contributed by atoms with Gasteiger partial charge in [-0.05, 0) is 18.2 Å². The predicted octanol–water partition coefficient (Wildman–Crippen LogP) is 1.61. The van der Waals surface area contributed by atoms with Crippen LogP contribution in [0.2, 0.25) is 0 Å². The number of nitrogens with zero attached hydrogens (tertiary/aromatic N) is 3. The summed E-state index contributed by atoms with van der Waals surface area (Å²) in [5.74, 6) is -0.247. The maximum Gasteiger partial charge on any atom is 0.272 e. The molecule has 0 spiro atoms. The Morgan fingerprint density at radius 1 is 1.28 bits per heavy atom. The Bertz CT molecular complexity index is 659. The quantitative estimate of drug-likeness (QED) is 0.711. The fourth-order valence-electron chi connectivity index (χ4n) is 1.64. The number of H-pyrrole nitrogens is 1. The number of rotatable bonds is 2. The predicted molar refractivity (Wildman–Crippen MR) is 66.1 cm³/mol. The zero-order chi connectivity index (χ0) is 12.4. The zero-order valence-electron chi connectivity index (χ0n) is 9.29. The van der Waals surface area contributed by atoms with E-state index in [-0.39, 0.29) is 5.91 Å². The first-order valence-electron chi connectivity index (χ1n) is 5.33. The highest BCUT2D eigenvalue weighted by atomic mass is 16.1. The molecule has 0 fully saturated rings. The summed E-state index contributed by atoms with van der Waals surface area (Å²) < 4.78 is 0. The van der Waals surface area contributed by atoms with Crippen molar-refractivity contribution in [3.05, 3.63) is 48.8 Å². The lowest BCUT2D eigenvalue weighted by atomic mass is 10.3. The number of carbonyl (C=O) groups excluding carboxylic acids is 1. The summed E-state index contributed by atoms with van der Waals surface area (Å²) in [7, 11) is 0. The van der Waals surface area contributed by atoms with Gasteiger partial charge in [-0.15, -0.1) is 0 Å². The van der Waals surface area contributed by atoms with Gasteiger partial charge in [-0.1, -0.05) is 0 Å². The minimum absolute atomic E-state index is 0.247. The molecule has 88 valence electrons. The number of aromatic amines is 1. The lowest BCUT2D eigenvalue weighted by Gasteiger charge is -2.01. The maximum atomic E-state index is 12.0. The summed E-state index contributed by atoms with van der Waals surface area (Å²) in [5, 5.41) is 3.59. The molecule has 3 aromatic heterocycles. The fraction of sp³-hybridized carbons (Fsp3) is 0. The molecule has 3 aromatic rings. The molecule has 0 aliphatic carbocycles. The van der Waals surface area contributed by atoms with Crippen molar-refractivity contribution < 1.29 is 4.79 Å². The van der Waals surface area contributed by atoms with Crippen LogP contribution in [0.1, 0.15) is 10.5 Å². The van der Waals surface area contributed by atoms with Gasteiger partial charge in [0.05, 0.1) is 18.1 Å². The van der Waals surface area contributed by atoms with E-state index in [1.54, 1.807) is 12.3 Å². The van der Waals surface area contributed by atoms with Crippen LogP contribution in [-0.2, 0) is 0 Å². The van der Waals surface area contributed by atoms with Gasteiger partial charge >= 0.3 is 0 Å². The van der Waals surface area contributed by atoms with Crippen molar-refractivity contribution in [2.75, 3.05) is 5.32 Å². The van der Waals surface area contributed by atoms with Crippen LogP contribution < -0.4 is 5.32 Å². The van der Waals surface area contributed by atoms with Gasteiger partial charge < -0.3 is 10.3 Å². The molecule has 0 saturated heterocycles. The number of hydrogen-bond acceptors (Lipinski definition) is 4. The van der Waals surface area contributed by atoms with Crippen LogP contribution in [0, 0.1) is 0 Å². The highest BCUT2D eigenvalue weighted by Gasteiger charge is 2.10.